The molecule has 0 saturated heterocycles. The Bertz CT molecular complexity index is 922. The minimum Gasteiger partial charge on any atom is -0.483 e. The molecule has 1 heterocycles. The van der Waals surface area contributed by atoms with Gasteiger partial charge in [0.15, 0.2) is 12.7 Å². The van der Waals surface area contributed by atoms with E-state index in [1.807, 2.05) is 51.0 Å². The van der Waals surface area contributed by atoms with Crippen LogP contribution in [0.4, 0.5) is 11.4 Å². The first-order valence-corrected chi connectivity index (χ1v) is 10.0. The monoisotopic (exact) mass is 411 g/mol. The van der Waals surface area contributed by atoms with Gasteiger partial charge in [-0.05, 0) is 64.2 Å². The van der Waals surface area contributed by atoms with Crippen molar-refractivity contribution in [1.82, 2.24) is 4.90 Å². The number of nitrogens with one attached hydrogen (secondary N) is 1. The van der Waals surface area contributed by atoms with Crippen LogP contribution < -0.4 is 19.7 Å². The van der Waals surface area contributed by atoms with Gasteiger partial charge in [-0.25, -0.2) is 0 Å². The van der Waals surface area contributed by atoms with Gasteiger partial charge in [-0.3, -0.25) is 9.59 Å². The van der Waals surface area contributed by atoms with Gasteiger partial charge in [-0.2, -0.15) is 0 Å². The maximum atomic E-state index is 12.6. The van der Waals surface area contributed by atoms with Gasteiger partial charge >= 0.3 is 0 Å². The average molecular weight is 412 g/mol. The largest absolute Gasteiger partial charge is 0.483 e. The highest BCUT2D eigenvalue weighted by molar-refractivity contribution is 6.01. The summed E-state index contributed by atoms with van der Waals surface area (Å²) in [7, 11) is 3.92. The number of nitrogens with zero attached hydrogens (tertiary/aromatic N) is 2. The number of para-hydroxylation sites is 1. The molecule has 0 radical (unpaired) electrons. The van der Waals surface area contributed by atoms with Crippen molar-refractivity contribution in [2.75, 3.05) is 44.0 Å². The molecular formula is C23H29N3O4. The van der Waals surface area contributed by atoms with Crippen molar-refractivity contribution in [3.05, 3.63) is 47.5 Å². The van der Waals surface area contributed by atoms with Crippen LogP contribution in [0.5, 0.6) is 11.5 Å². The normalized spacial score (nSPS) is 15.6. The Kier molecular flexibility index (Phi) is 6.62. The van der Waals surface area contributed by atoms with Gasteiger partial charge in [-0.15, -0.1) is 0 Å². The van der Waals surface area contributed by atoms with E-state index < -0.39 is 6.10 Å². The van der Waals surface area contributed by atoms with E-state index in [4.69, 9.17) is 9.47 Å². The number of rotatable bonds is 7. The molecule has 2 aromatic rings. The summed E-state index contributed by atoms with van der Waals surface area (Å²) in [4.78, 5) is 28.8. The molecule has 7 heteroatoms. The number of hydrogen-bond acceptors (Lipinski definition) is 5. The molecule has 30 heavy (non-hydrogen) atoms. The molecule has 1 atom stereocenters. The molecule has 0 aromatic heterocycles. The van der Waals surface area contributed by atoms with Gasteiger partial charge < -0.3 is 24.6 Å². The van der Waals surface area contributed by atoms with Crippen LogP contribution in [-0.2, 0) is 9.59 Å². The molecule has 0 bridgehead atoms. The second-order valence-corrected chi connectivity index (χ2v) is 7.79. The highest BCUT2D eigenvalue weighted by Crippen LogP contribution is 2.36. The van der Waals surface area contributed by atoms with Gasteiger partial charge in [0.05, 0.1) is 5.69 Å². The summed E-state index contributed by atoms with van der Waals surface area (Å²) in [5.74, 6) is 0.992. The zero-order valence-corrected chi connectivity index (χ0v) is 18.2. The summed E-state index contributed by atoms with van der Waals surface area (Å²) in [6.07, 6.45) is -0.536. The third kappa shape index (κ3) is 4.91. The van der Waals surface area contributed by atoms with E-state index in [9.17, 15) is 9.59 Å². The number of carbonyl (C=O) groups is 2. The van der Waals surface area contributed by atoms with Crippen LogP contribution in [0.2, 0.25) is 0 Å². The number of aryl methyl sites for hydroxylation is 2. The fourth-order valence-corrected chi connectivity index (χ4v) is 3.38. The van der Waals surface area contributed by atoms with Crippen LogP contribution in [0.15, 0.2) is 36.4 Å². The number of ether oxygens (including phenoxy) is 2. The van der Waals surface area contributed by atoms with Crippen molar-refractivity contribution >= 4 is 23.2 Å². The molecule has 0 aliphatic carbocycles. The predicted octanol–water partition coefficient (Wildman–Crippen LogP) is 3.00. The van der Waals surface area contributed by atoms with E-state index in [1.54, 1.807) is 30.0 Å². The topological polar surface area (TPSA) is 71.1 Å². The summed E-state index contributed by atoms with van der Waals surface area (Å²) in [5.41, 5.74) is 3.22. The third-order valence-corrected chi connectivity index (χ3v) is 4.98. The van der Waals surface area contributed by atoms with Crippen molar-refractivity contribution in [3.8, 4) is 11.5 Å². The van der Waals surface area contributed by atoms with Gasteiger partial charge in [-0.1, -0.05) is 18.2 Å². The first-order chi connectivity index (χ1) is 14.3. The lowest BCUT2D eigenvalue weighted by molar-refractivity contribution is -0.125. The molecule has 2 amide bonds. The molecule has 1 N–H and O–H groups in total. The van der Waals surface area contributed by atoms with Crippen molar-refractivity contribution < 1.29 is 19.1 Å². The minimum atomic E-state index is -0.536. The van der Waals surface area contributed by atoms with Crippen LogP contribution in [0.1, 0.15) is 18.1 Å². The molecule has 0 saturated carbocycles. The molecule has 3 rings (SSSR count). The van der Waals surface area contributed by atoms with E-state index in [2.05, 4.69) is 5.32 Å². The van der Waals surface area contributed by atoms with E-state index >= 15 is 0 Å². The first-order valence-electron chi connectivity index (χ1n) is 10.0. The van der Waals surface area contributed by atoms with E-state index in [0.29, 0.717) is 23.7 Å². The van der Waals surface area contributed by atoms with Crippen LogP contribution in [0.25, 0.3) is 0 Å². The lowest BCUT2D eigenvalue weighted by Gasteiger charge is -2.34. The van der Waals surface area contributed by atoms with Crippen molar-refractivity contribution in [1.29, 1.82) is 0 Å². The number of likely N-dealkylation sites (N-methyl/N-ethyl adjacent to an activating group) is 1. The number of hydrogen-bond donors (Lipinski definition) is 1. The number of benzene rings is 2. The molecule has 1 unspecified atom stereocenters. The highest BCUT2D eigenvalue weighted by Gasteiger charge is 2.31. The summed E-state index contributed by atoms with van der Waals surface area (Å²) < 4.78 is 11.5. The second-order valence-electron chi connectivity index (χ2n) is 7.79. The van der Waals surface area contributed by atoms with Crippen molar-refractivity contribution in [3.63, 3.8) is 0 Å². The molecule has 2 aromatic carbocycles. The summed E-state index contributed by atoms with van der Waals surface area (Å²) in [6, 6.07) is 11.2. The van der Waals surface area contributed by atoms with Crippen LogP contribution in [0, 0.1) is 13.8 Å². The van der Waals surface area contributed by atoms with Crippen LogP contribution in [-0.4, -0.2) is 56.6 Å². The molecule has 7 nitrogen and oxygen atoms in total. The standard InChI is InChI=1S/C23H29N3O4/c1-15-7-6-8-16(2)22(15)29-14-21(27)24-18-9-10-20-19(13-18)26(12-11-25(4)5)23(28)17(3)30-20/h6-10,13,17H,11-12,14H2,1-5H3,(H,24,27). The fourth-order valence-electron chi connectivity index (χ4n) is 3.38. The zero-order valence-electron chi connectivity index (χ0n) is 18.2. The smallest absolute Gasteiger partial charge is 0.267 e. The maximum Gasteiger partial charge on any atom is 0.267 e. The minimum absolute atomic E-state index is 0.0915. The van der Waals surface area contributed by atoms with E-state index in [-0.39, 0.29) is 18.4 Å². The quantitative estimate of drug-likeness (QED) is 0.758. The predicted molar refractivity (Wildman–Crippen MR) is 117 cm³/mol. The van der Waals surface area contributed by atoms with Crippen molar-refractivity contribution in [2.24, 2.45) is 0 Å². The number of fused-ring (bicyclic) bond motifs is 1. The van der Waals surface area contributed by atoms with Gasteiger partial charge in [0.2, 0.25) is 0 Å². The molecule has 1 aliphatic heterocycles. The van der Waals surface area contributed by atoms with E-state index in [1.165, 1.54) is 0 Å². The Hall–Kier alpha value is -3.06. The molecular weight excluding hydrogens is 382 g/mol. The molecule has 160 valence electrons. The summed E-state index contributed by atoms with van der Waals surface area (Å²) in [6.45, 7) is 6.81. The lowest BCUT2D eigenvalue weighted by atomic mass is 10.1. The number of carbonyl (C=O) groups excluding carboxylic acids is 2. The van der Waals surface area contributed by atoms with Crippen LogP contribution >= 0.6 is 0 Å². The zero-order chi connectivity index (χ0) is 21.8. The number of anilines is 2. The molecule has 0 fully saturated rings. The van der Waals surface area contributed by atoms with Gasteiger partial charge in [0.1, 0.15) is 11.5 Å². The Morgan fingerprint density at radius 3 is 2.57 bits per heavy atom. The Balaban J connectivity index is 1.71. The Labute approximate surface area is 177 Å². The maximum absolute atomic E-state index is 12.6. The number of amides is 2. The lowest BCUT2D eigenvalue weighted by Crippen LogP contribution is -2.46. The highest BCUT2D eigenvalue weighted by atomic mass is 16.5. The summed E-state index contributed by atoms with van der Waals surface area (Å²) in [5, 5.41) is 2.84. The summed E-state index contributed by atoms with van der Waals surface area (Å²) >= 11 is 0. The fraction of sp³-hybridized carbons (Fsp3) is 0.391. The van der Waals surface area contributed by atoms with E-state index in [0.717, 1.165) is 23.4 Å². The Morgan fingerprint density at radius 1 is 1.20 bits per heavy atom. The SMILES string of the molecule is Cc1cccc(C)c1OCC(=O)Nc1ccc2c(c1)N(CCN(C)C)C(=O)C(C)O2. The third-order valence-electron chi connectivity index (χ3n) is 4.98. The van der Waals surface area contributed by atoms with Gasteiger partial charge in [0, 0.05) is 18.8 Å². The molecule has 1 aliphatic rings. The van der Waals surface area contributed by atoms with Gasteiger partial charge in [0.25, 0.3) is 11.8 Å². The Morgan fingerprint density at radius 2 is 1.90 bits per heavy atom. The van der Waals surface area contributed by atoms with Crippen molar-refractivity contribution in [2.45, 2.75) is 26.9 Å². The second kappa shape index (κ2) is 9.17. The van der Waals surface area contributed by atoms with Crippen LogP contribution in [0.3, 0.4) is 0 Å². The molecule has 0 spiro atoms. The first kappa shape index (κ1) is 21.6. The average Bonchev–Trinajstić information content (AvgIpc) is 2.68.